The molecule has 1 heterocycles. The molecule has 1 aromatic rings. The zero-order chi connectivity index (χ0) is 13.7. The summed E-state index contributed by atoms with van der Waals surface area (Å²) in [6.45, 7) is 6.04. The summed E-state index contributed by atoms with van der Waals surface area (Å²) in [7, 11) is 1.41. The minimum Gasteiger partial charge on any atom is -0.468 e. The van der Waals surface area contributed by atoms with Gasteiger partial charge in [0, 0.05) is 0 Å². The molecule has 0 aromatic carbocycles. The highest BCUT2D eigenvalue weighted by molar-refractivity contribution is 9.10. The summed E-state index contributed by atoms with van der Waals surface area (Å²) >= 11 is 3.27. The number of carbonyl (C=O) groups is 1. The van der Waals surface area contributed by atoms with E-state index in [1.165, 1.54) is 7.11 Å². The van der Waals surface area contributed by atoms with E-state index in [1.54, 1.807) is 0 Å². The van der Waals surface area contributed by atoms with Crippen molar-refractivity contribution >= 4 is 21.9 Å². The van der Waals surface area contributed by atoms with Crippen molar-refractivity contribution in [3.8, 4) is 0 Å². The van der Waals surface area contributed by atoms with E-state index in [2.05, 4.69) is 28.2 Å². The SMILES string of the molecule is CCC(C)C(NC(C)c1ccc(Br)o1)C(=O)OC. The molecule has 3 unspecified atom stereocenters. The van der Waals surface area contributed by atoms with Gasteiger partial charge in [-0.15, -0.1) is 0 Å². The molecular weight excluding hydrogens is 298 g/mol. The fraction of sp³-hybridized carbons (Fsp3) is 0.615. The number of rotatable bonds is 6. The third kappa shape index (κ3) is 3.85. The summed E-state index contributed by atoms with van der Waals surface area (Å²) in [4.78, 5) is 11.8. The number of methoxy groups -OCH3 is 1. The van der Waals surface area contributed by atoms with E-state index >= 15 is 0 Å². The largest absolute Gasteiger partial charge is 0.468 e. The lowest BCUT2D eigenvalue weighted by molar-refractivity contribution is -0.144. The first-order chi connectivity index (χ1) is 8.49. The molecule has 18 heavy (non-hydrogen) atoms. The quantitative estimate of drug-likeness (QED) is 0.818. The fourth-order valence-electron chi connectivity index (χ4n) is 1.74. The van der Waals surface area contributed by atoms with Gasteiger partial charge in [0.25, 0.3) is 0 Å². The molecule has 0 aliphatic heterocycles. The summed E-state index contributed by atoms with van der Waals surface area (Å²) in [5.74, 6) is 0.763. The first-order valence-corrected chi connectivity index (χ1v) is 6.88. The van der Waals surface area contributed by atoms with Crippen molar-refractivity contribution in [3.63, 3.8) is 0 Å². The van der Waals surface area contributed by atoms with Crippen LogP contribution in [0.2, 0.25) is 0 Å². The van der Waals surface area contributed by atoms with Crippen LogP contribution >= 0.6 is 15.9 Å². The molecule has 1 aromatic heterocycles. The van der Waals surface area contributed by atoms with E-state index in [0.29, 0.717) is 4.67 Å². The molecule has 1 rings (SSSR count). The van der Waals surface area contributed by atoms with Crippen LogP contribution < -0.4 is 5.32 Å². The summed E-state index contributed by atoms with van der Waals surface area (Å²) < 4.78 is 11.0. The maximum Gasteiger partial charge on any atom is 0.323 e. The number of carbonyl (C=O) groups excluding carboxylic acids is 1. The van der Waals surface area contributed by atoms with Gasteiger partial charge in [0.1, 0.15) is 11.8 Å². The molecule has 0 amide bonds. The Balaban J connectivity index is 2.74. The topological polar surface area (TPSA) is 51.5 Å². The minimum atomic E-state index is -0.320. The second-order valence-electron chi connectivity index (χ2n) is 4.42. The predicted molar refractivity (Wildman–Crippen MR) is 73.2 cm³/mol. The molecule has 0 radical (unpaired) electrons. The average molecular weight is 318 g/mol. The Hall–Kier alpha value is -0.810. The Morgan fingerprint density at radius 1 is 1.50 bits per heavy atom. The second-order valence-corrected chi connectivity index (χ2v) is 5.20. The van der Waals surface area contributed by atoms with Gasteiger partial charge in [-0.2, -0.15) is 0 Å². The van der Waals surface area contributed by atoms with Crippen molar-refractivity contribution in [1.82, 2.24) is 5.32 Å². The van der Waals surface area contributed by atoms with Crippen LogP contribution in [0.3, 0.4) is 0 Å². The van der Waals surface area contributed by atoms with E-state index in [4.69, 9.17) is 9.15 Å². The predicted octanol–water partition coefficient (Wildman–Crippen LogP) is 3.28. The average Bonchev–Trinajstić information content (AvgIpc) is 2.80. The van der Waals surface area contributed by atoms with Gasteiger partial charge < -0.3 is 9.15 Å². The van der Waals surface area contributed by atoms with Gasteiger partial charge in [-0.3, -0.25) is 10.1 Å². The number of hydrogen-bond donors (Lipinski definition) is 1. The zero-order valence-electron chi connectivity index (χ0n) is 11.2. The van der Waals surface area contributed by atoms with Crippen LogP contribution in [0.5, 0.6) is 0 Å². The number of esters is 1. The van der Waals surface area contributed by atoms with Gasteiger partial charge in [0.2, 0.25) is 0 Å². The van der Waals surface area contributed by atoms with Crippen molar-refractivity contribution in [2.24, 2.45) is 5.92 Å². The smallest absolute Gasteiger partial charge is 0.323 e. The molecule has 102 valence electrons. The number of ether oxygens (including phenoxy) is 1. The Morgan fingerprint density at radius 2 is 2.17 bits per heavy atom. The number of halogens is 1. The number of nitrogens with one attached hydrogen (secondary N) is 1. The summed E-state index contributed by atoms with van der Waals surface area (Å²) in [5, 5.41) is 3.26. The van der Waals surface area contributed by atoms with Crippen LogP contribution in [0, 0.1) is 5.92 Å². The molecule has 3 atom stereocenters. The van der Waals surface area contributed by atoms with Crippen molar-refractivity contribution < 1.29 is 13.9 Å². The van der Waals surface area contributed by atoms with Crippen molar-refractivity contribution in [3.05, 3.63) is 22.6 Å². The van der Waals surface area contributed by atoms with Crippen molar-refractivity contribution in [1.29, 1.82) is 0 Å². The molecule has 0 fully saturated rings. The van der Waals surface area contributed by atoms with Gasteiger partial charge in [0.05, 0.1) is 13.2 Å². The molecule has 0 bridgehead atoms. The van der Waals surface area contributed by atoms with Crippen LogP contribution in [0.1, 0.15) is 39.0 Å². The van der Waals surface area contributed by atoms with Gasteiger partial charge in [-0.25, -0.2) is 0 Å². The maximum absolute atomic E-state index is 11.8. The van der Waals surface area contributed by atoms with Crippen LogP contribution in [0.15, 0.2) is 21.2 Å². The standard InChI is InChI=1S/C13H20BrNO3/c1-5-8(2)12(13(16)17-4)15-9(3)10-6-7-11(14)18-10/h6-9,12,15H,5H2,1-4H3. The van der Waals surface area contributed by atoms with Crippen LogP contribution in [0.25, 0.3) is 0 Å². The molecule has 0 saturated heterocycles. The normalized spacial score (nSPS) is 16.1. The zero-order valence-corrected chi connectivity index (χ0v) is 12.8. The Morgan fingerprint density at radius 3 is 2.61 bits per heavy atom. The Bertz CT molecular complexity index is 391. The molecule has 4 nitrogen and oxygen atoms in total. The number of furan rings is 1. The first kappa shape index (κ1) is 15.2. The van der Waals surface area contributed by atoms with E-state index in [-0.39, 0.29) is 24.0 Å². The fourth-order valence-corrected chi connectivity index (χ4v) is 2.06. The van der Waals surface area contributed by atoms with Crippen molar-refractivity contribution in [2.75, 3.05) is 7.11 Å². The molecular formula is C13H20BrNO3. The van der Waals surface area contributed by atoms with Gasteiger partial charge in [0.15, 0.2) is 4.67 Å². The lowest BCUT2D eigenvalue weighted by Crippen LogP contribution is -2.43. The highest BCUT2D eigenvalue weighted by atomic mass is 79.9. The van der Waals surface area contributed by atoms with E-state index in [9.17, 15) is 4.79 Å². The van der Waals surface area contributed by atoms with E-state index in [0.717, 1.165) is 12.2 Å². The van der Waals surface area contributed by atoms with Crippen LogP contribution in [-0.4, -0.2) is 19.1 Å². The third-order valence-electron chi connectivity index (χ3n) is 3.12. The lowest BCUT2D eigenvalue weighted by atomic mass is 9.98. The third-order valence-corrected chi connectivity index (χ3v) is 3.54. The number of hydrogen-bond acceptors (Lipinski definition) is 4. The van der Waals surface area contributed by atoms with Gasteiger partial charge in [-0.05, 0) is 40.9 Å². The highest BCUT2D eigenvalue weighted by Gasteiger charge is 2.27. The molecule has 5 heteroatoms. The molecule has 0 aliphatic carbocycles. The molecule has 0 spiro atoms. The Labute approximate surface area is 116 Å². The molecule has 0 saturated carbocycles. The monoisotopic (exact) mass is 317 g/mol. The summed E-state index contributed by atoms with van der Waals surface area (Å²) in [6.07, 6.45) is 0.904. The van der Waals surface area contributed by atoms with E-state index < -0.39 is 0 Å². The van der Waals surface area contributed by atoms with Crippen molar-refractivity contribution in [2.45, 2.75) is 39.3 Å². The summed E-state index contributed by atoms with van der Waals surface area (Å²) in [5.41, 5.74) is 0. The summed E-state index contributed by atoms with van der Waals surface area (Å²) in [6, 6.07) is 3.35. The molecule has 1 N–H and O–H groups in total. The van der Waals surface area contributed by atoms with Gasteiger partial charge in [-0.1, -0.05) is 20.3 Å². The highest BCUT2D eigenvalue weighted by Crippen LogP contribution is 2.22. The first-order valence-electron chi connectivity index (χ1n) is 6.08. The maximum atomic E-state index is 11.8. The second kappa shape index (κ2) is 6.95. The lowest BCUT2D eigenvalue weighted by Gasteiger charge is -2.24. The van der Waals surface area contributed by atoms with E-state index in [1.807, 2.05) is 26.0 Å². The Kier molecular flexibility index (Phi) is 5.88. The van der Waals surface area contributed by atoms with Gasteiger partial charge >= 0.3 is 5.97 Å². The van der Waals surface area contributed by atoms with Crippen LogP contribution in [-0.2, 0) is 9.53 Å². The minimum absolute atomic E-state index is 0.0469. The molecule has 0 aliphatic rings. The van der Waals surface area contributed by atoms with Crippen LogP contribution in [0.4, 0.5) is 0 Å².